The van der Waals surface area contributed by atoms with Crippen LogP contribution in [0.2, 0.25) is 0 Å². The molecule has 140 valence electrons. The van der Waals surface area contributed by atoms with E-state index in [0.717, 1.165) is 24.8 Å². The molecule has 1 aromatic carbocycles. The number of carbonyl (C=O) groups is 2. The highest BCUT2D eigenvalue weighted by Crippen LogP contribution is 2.75. The van der Waals surface area contributed by atoms with Gasteiger partial charge in [-0.15, -0.1) is 0 Å². The number of benzene rings is 1. The summed E-state index contributed by atoms with van der Waals surface area (Å²) in [5.41, 5.74) is -0.535. The van der Waals surface area contributed by atoms with Crippen LogP contribution in [0.5, 0.6) is 0 Å². The van der Waals surface area contributed by atoms with E-state index in [2.05, 4.69) is 6.92 Å². The van der Waals surface area contributed by atoms with Crippen molar-refractivity contribution in [2.45, 2.75) is 58.3 Å². The van der Waals surface area contributed by atoms with E-state index in [0.29, 0.717) is 6.42 Å². The van der Waals surface area contributed by atoms with Crippen LogP contribution in [0.25, 0.3) is 0 Å². The number of hydrogen-bond acceptors (Lipinski definition) is 4. The van der Waals surface area contributed by atoms with Crippen molar-refractivity contribution in [2.24, 2.45) is 22.7 Å². The summed E-state index contributed by atoms with van der Waals surface area (Å²) in [5.74, 6) is -2.05. The normalized spacial score (nSPS) is 39.5. The average Bonchev–Trinajstić information content (AvgIpc) is 3.33. The first-order chi connectivity index (χ1) is 12.5. The number of rotatable bonds is 7. The molecule has 6 atom stereocenters. The van der Waals surface area contributed by atoms with Gasteiger partial charge in [-0.05, 0) is 18.4 Å². The number of fused-ring (bicyclic) bond motifs is 5. The maximum absolute atomic E-state index is 13.4. The highest BCUT2D eigenvalue weighted by molar-refractivity contribution is 5.88. The Kier molecular flexibility index (Phi) is 4.10. The van der Waals surface area contributed by atoms with E-state index in [4.69, 9.17) is 9.47 Å². The zero-order valence-corrected chi connectivity index (χ0v) is 15.3. The Labute approximate surface area is 153 Å². The predicted molar refractivity (Wildman–Crippen MR) is 94.2 cm³/mol. The third-order valence-electron chi connectivity index (χ3n) is 6.98. The van der Waals surface area contributed by atoms with Gasteiger partial charge in [0.05, 0.1) is 23.5 Å². The Hall–Kier alpha value is -1.88. The van der Waals surface area contributed by atoms with Crippen molar-refractivity contribution in [3.05, 3.63) is 35.9 Å². The molecule has 0 spiro atoms. The minimum Gasteiger partial charge on any atom is -0.481 e. The predicted octanol–water partition coefficient (Wildman–Crippen LogP) is 3.41. The quantitative estimate of drug-likeness (QED) is 0.597. The lowest BCUT2D eigenvalue weighted by Crippen LogP contribution is -2.54. The van der Waals surface area contributed by atoms with Crippen LogP contribution in [0, 0.1) is 22.7 Å². The van der Waals surface area contributed by atoms with E-state index in [1.807, 2.05) is 37.3 Å². The van der Waals surface area contributed by atoms with E-state index < -0.39 is 22.7 Å². The molecule has 0 amide bonds. The fourth-order valence-electron chi connectivity index (χ4n) is 5.75. The van der Waals surface area contributed by atoms with Gasteiger partial charge in [-0.1, -0.05) is 57.0 Å². The third-order valence-corrected chi connectivity index (χ3v) is 6.98. The molecule has 4 rings (SSSR count). The first-order valence-corrected chi connectivity index (χ1v) is 9.55. The van der Waals surface area contributed by atoms with Crippen LogP contribution in [-0.2, 0) is 25.7 Å². The minimum absolute atomic E-state index is 0.00392. The van der Waals surface area contributed by atoms with Gasteiger partial charge < -0.3 is 14.6 Å². The summed E-state index contributed by atoms with van der Waals surface area (Å²) in [6, 6.07) is 9.53. The summed E-state index contributed by atoms with van der Waals surface area (Å²) in [6.45, 7) is 4.28. The molecule has 1 heterocycles. The Morgan fingerprint density at radius 2 is 2.04 bits per heavy atom. The number of ether oxygens (including phenoxy) is 2. The van der Waals surface area contributed by atoms with Gasteiger partial charge in [0.25, 0.3) is 0 Å². The summed E-state index contributed by atoms with van der Waals surface area (Å²) in [7, 11) is 0. The molecule has 1 saturated heterocycles. The zero-order valence-electron chi connectivity index (χ0n) is 15.3. The standard InChI is InChI=1S/C21H26O5/c1-3-4-10-21(19(24)25-12-13-8-6-5-7-9-13)15(18(22)23)14-11-20(21,2)17-16(14)26-17/h5-9,14-17H,3-4,10-12H2,1-2H3,(H,22,23). The Morgan fingerprint density at radius 3 is 2.69 bits per heavy atom. The van der Waals surface area contributed by atoms with Gasteiger partial charge in [-0.2, -0.15) is 0 Å². The van der Waals surface area contributed by atoms with E-state index in [9.17, 15) is 14.7 Å². The maximum Gasteiger partial charge on any atom is 0.313 e. The molecular formula is C21H26O5. The third kappa shape index (κ3) is 2.26. The van der Waals surface area contributed by atoms with Gasteiger partial charge in [0.15, 0.2) is 0 Å². The lowest BCUT2D eigenvalue weighted by molar-refractivity contribution is -0.178. The monoisotopic (exact) mass is 358 g/mol. The molecule has 6 unspecified atom stereocenters. The molecule has 1 aromatic rings. The highest BCUT2D eigenvalue weighted by Gasteiger charge is 2.82. The lowest BCUT2D eigenvalue weighted by Gasteiger charge is -2.44. The first kappa shape index (κ1) is 17.5. The van der Waals surface area contributed by atoms with Crippen LogP contribution in [0.4, 0.5) is 0 Å². The van der Waals surface area contributed by atoms with Crippen molar-refractivity contribution in [3.8, 4) is 0 Å². The molecular weight excluding hydrogens is 332 g/mol. The number of epoxide rings is 1. The molecule has 0 radical (unpaired) electrons. The molecule has 2 aliphatic carbocycles. The summed E-state index contributed by atoms with van der Waals surface area (Å²) < 4.78 is 11.5. The van der Waals surface area contributed by atoms with Crippen LogP contribution < -0.4 is 0 Å². The lowest BCUT2D eigenvalue weighted by atomic mass is 9.56. The number of esters is 1. The van der Waals surface area contributed by atoms with Gasteiger partial charge in [-0.3, -0.25) is 9.59 Å². The molecule has 0 aromatic heterocycles. The zero-order chi connectivity index (χ0) is 18.5. The summed E-state index contributed by atoms with van der Waals surface area (Å²) >= 11 is 0. The van der Waals surface area contributed by atoms with Crippen molar-refractivity contribution < 1.29 is 24.2 Å². The van der Waals surface area contributed by atoms with Crippen LogP contribution in [-0.4, -0.2) is 29.3 Å². The van der Waals surface area contributed by atoms with E-state index in [-0.39, 0.29) is 30.7 Å². The van der Waals surface area contributed by atoms with Gasteiger partial charge in [0, 0.05) is 11.3 Å². The average molecular weight is 358 g/mol. The number of hydrogen-bond donors (Lipinski definition) is 1. The molecule has 1 N–H and O–H groups in total. The number of carbonyl (C=O) groups excluding carboxylic acids is 1. The Morgan fingerprint density at radius 1 is 1.31 bits per heavy atom. The second kappa shape index (κ2) is 6.08. The molecule has 5 heteroatoms. The molecule has 3 fully saturated rings. The molecule has 2 saturated carbocycles. The van der Waals surface area contributed by atoms with Crippen molar-refractivity contribution in [1.82, 2.24) is 0 Å². The molecule has 1 aliphatic heterocycles. The van der Waals surface area contributed by atoms with E-state index in [1.54, 1.807) is 0 Å². The summed E-state index contributed by atoms with van der Waals surface area (Å²) in [4.78, 5) is 25.6. The Balaban J connectivity index is 1.66. The van der Waals surface area contributed by atoms with Crippen molar-refractivity contribution >= 4 is 11.9 Å². The van der Waals surface area contributed by atoms with Crippen LogP contribution >= 0.6 is 0 Å². The Bertz CT molecular complexity index is 716. The van der Waals surface area contributed by atoms with Gasteiger partial charge in [0.1, 0.15) is 6.61 Å². The number of carboxylic acids is 1. The minimum atomic E-state index is -0.994. The van der Waals surface area contributed by atoms with E-state index >= 15 is 0 Å². The fraction of sp³-hybridized carbons (Fsp3) is 0.619. The van der Waals surface area contributed by atoms with Crippen molar-refractivity contribution in [1.29, 1.82) is 0 Å². The molecule has 26 heavy (non-hydrogen) atoms. The largest absolute Gasteiger partial charge is 0.481 e. The highest BCUT2D eigenvalue weighted by atomic mass is 16.6. The van der Waals surface area contributed by atoms with Gasteiger partial charge in [0.2, 0.25) is 0 Å². The van der Waals surface area contributed by atoms with Crippen LogP contribution in [0.3, 0.4) is 0 Å². The number of carboxylic acid groups (broad SMARTS) is 1. The SMILES string of the molecule is CCCCC1(C(=O)OCc2ccccc2)C(C(=O)O)C2CC1(C)C1OC21. The number of aliphatic carboxylic acids is 1. The van der Waals surface area contributed by atoms with Crippen LogP contribution in [0.1, 0.15) is 45.1 Å². The van der Waals surface area contributed by atoms with Crippen LogP contribution in [0.15, 0.2) is 30.3 Å². The fourth-order valence-corrected chi connectivity index (χ4v) is 5.75. The molecule has 5 nitrogen and oxygen atoms in total. The van der Waals surface area contributed by atoms with Gasteiger partial charge in [-0.25, -0.2) is 0 Å². The first-order valence-electron chi connectivity index (χ1n) is 9.55. The van der Waals surface area contributed by atoms with Gasteiger partial charge >= 0.3 is 11.9 Å². The van der Waals surface area contributed by atoms with Crippen molar-refractivity contribution in [3.63, 3.8) is 0 Å². The summed E-state index contributed by atoms with van der Waals surface area (Å²) in [5, 5.41) is 9.99. The van der Waals surface area contributed by atoms with Crippen molar-refractivity contribution in [2.75, 3.05) is 0 Å². The maximum atomic E-state index is 13.4. The van der Waals surface area contributed by atoms with E-state index in [1.165, 1.54) is 0 Å². The molecule has 3 aliphatic rings. The summed E-state index contributed by atoms with van der Waals surface area (Å²) in [6.07, 6.45) is 3.03. The molecule has 2 bridgehead atoms. The number of unbranched alkanes of at least 4 members (excludes halogenated alkanes) is 1. The topological polar surface area (TPSA) is 76.1 Å². The smallest absolute Gasteiger partial charge is 0.313 e. The second-order valence-electron chi connectivity index (χ2n) is 8.26. The second-order valence-corrected chi connectivity index (χ2v) is 8.26.